The van der Waals surface area contributed by atoms with Gasteiger partial charge < -0.3 is 14.7 Å². The Hall–Kier alpha value is -2.41. The molecule has 2 rings (SSSR count). The standard InChI is InChI=1S/C13H13ClN4O3/c1-8-5-11(17-21-8)16-12(19)7-18(2)13(20)10-6-9(14)3-4-15-10/h3-6H,7H2,1-2H3,(H,16,17,19). The largest absolute Gasteiger partial charge is 0.360 e. The minimum absolute atomic E-state index is 0.140. The summed E-state index contributed by atoms with van der Waals surface area (Å²) in [6.45, 7) is 1.57. The molecule has 0 aliphatic rings. The number of pyridine rings is 1. The zero-order valence-corrected chi connectivity index (χ0v) is 12.2. The van der Waals surface area contributed by atoms with Gasteiger partial charge in [-0.15, -0.1) is 0 Å². The topological polar surface area (TPSA) is 88.3 Å². The van der Waals surface area contributed by atoms with Crippen LogP contribution in [0.15, 0.2) is 28.9 Å². The van der Waals surface area contributed by atoms with E-state index in [1.165, 1.54) is 24.2 Å². The first kappa shape index (κ1) is 15.0. The van der Waals surface area contributed by atoms with Crippen molar-refractivity contribution in [2.24, 2.45) is 0 Å². The Bertz CT molecular complexity index is 671. The predicted octanol–water partition coefficient (Wildman–Crippen LogP) is 1.74. The van der Waals surface area contributed by atoms with Gasteiger partial charge in [-0.1, -0.05) is 16.8 Å². The summed E-state index contributed by atoms with van der Waals surface area (Å²) in [5.41, 5.74) is 0.176. The van der Waals surface area contributed by atoms with Crippen LogP contribution in [-0.2, 0) is 4.79 Å². The fourth-order valence-corrected chi connectivity index (χ4v) is 1.77. The Labute approximate surface area is 125 Å². The number of amides is 2. The van der Waals surface area contributed by atoms with Crippen molar-refractivity contribution in [1.82, 2.24) is 15.0 Å². The molecular weight excluding hydrogens is 296 g/mol. The molecule has 0 saturated heterocycles. The molecule has 2 heterocycles. The number of hydrogen-bond donors (Lipinski definition) is 1. The van der Waals surface area contributed by atoms with Crippen molar-refractivity contribution in [3.63, 3.8) is 0 Å². The number of aromatic nitrogens is 2. The molecule has 0 atom stereocenters. The van der Waals surface area contributed by atoms with E-state index in [0.29, 0.717) is 16.6 Å². The van der Waals surface area contributed by atoms with Crippen LogP contribution in [-0.4, -0.2) is 40.4 Å². The maximum Gasteiger partial charge on any atom is 0.272 e. The Morgan fingerprint density at radius 1 is 1.43 bits per heavy atom. The first-order valence-electron chi connectivity index (χ1n) is 6.06. The van der Waals surface area contributed by atoms with Crippen molar-refractivity contribution in [2.45, 2.75) is 6.92 Å². The van der Waals surface area contributed by atoms with Gasteiger partial charge >= 0.3 is 0 Å². The van der Waals surface area contributed by atoms with Gasteiger partial charge in [-0.2, -0.15) is 0 Å². The summed E-state index contributed by atoms with van der Waals surface area (Å²) < 4.78 is 4.83. The molecule has 7 nitrogen and oxygen atoms in total. The lowest BCUT2D eigenvalue weighted by Crippen LogP contribution is -2.35. The average molecular weight is 309 g/mol. The molecule has 2 aromatic heterocycles. The summed E-state index contributed by atoms with van der Waals surface area (Å²) in [5, 5.41) is 6.57. The van der Waals surface area contributed by atoms with Crippen molar-refractivity contribution >= 4 is 29.2 Å². The number of aryl methyl sites for hydroxylation is 1. The normalized spacial score (nSPS) is 10.2. The van der Waals surface area contributed by atoms with Crippen LogP contribution in [0.3, 0.4) is 0 Å². The van der Waals surface area contributed by atoms with Crippen LogP contribution in [0.25, 0.3) is 0 Å². The second-order valence-electron chi connectivity index (χ2n) is 4.39. The van der Waals surface area contributed by atoms with Crippen molar-refractivity contribution in [3.8, 4) is 0 Å². The monoisotopic (exact) mass is 308 g/mol. The maximum absolute atomic E-state index is 12.1. The fourth-order valence-electron chi connectivity index (χ4n) is 1.61. The number of anilines is 1. The lowest BCUT2D eigenvalue weighted by Gasteiger charge is -2.15. The third-order valence-electron chi connectivity index (χ3n) is 2.56. The maximum atomic E-state index is 12.1. The SMILES string of the molecule is Cc1cc(NC(=O)CN(C)C(=O)c2cc(Cl)ccn2)no1. The van der Waals surface area contributed by atoms with Gasteiger partial charge in [0.1, 0.15) is 11.5 Å². The van der Waals surface area contributed by atoms with Gasteiger partial charge in [-0.25, -0.2) is 0 Å². The highest BCUT2D eigenvalue weighted by Crippen LogP contribution is 2.10. The summed E-state index contributed by atoms with van der Waals surface area (Å²) >= 11 is 5.80. The van der Waals surface area contributed by atoms with Crippen LogP contribution in [0.2, 0.25) is 5.02 Å². The first-order valence-corrected chi connectivity index (χ1v) is 6.43. The van der Waals surface area contributed by atoms with Crippen LogP contribution in [0.4, 0.5) is 5.82 Å². The van der Waals surface area contributed by atoms with Gasteiger partial charge in [0.2, 0.25) is 5.91 Å². The zero-order valence-electron chi connectivity index (χ0n) is 11.5. The van der Waals surface area contributed by atoms with E-state index in [0.717, 1.165) is 0 Å². The molecular formula is C13H13ClN4O3. The van der Waals surface area contributed by atoms with Crippen molar-refractivity contribution in [2.75, 3.05) is 18.9 Å². The predicted molar refractivity (Wildman–Crippen MR) is 76.1 cm³/mol. The highest BCUT2D eigenvalue weighted by atomic mass is 35.5. The number of carbonyl (C=O) groups is 2. The first-order chi connectivity index (χ1) is 9.95. The highest BCUT2D eigenvalue weighted by molar-refractivity contribution is 6.30. The third kappa shape index (κ3) is 4.03. The fraction of sp³-hybridized carbons (Fsp3) is 0.231. The van der Waals surface area contributed by atoms with E-state index in [1.54, 1.807) is 19.1 Å². The minimum Gasteiger partial charge on any atom is -0.360 e. The van der Waals surface area contributed by atoms with Gasteiger partial charge in [0.05, 0.1) is 6.54 Å². The van der Waals surface area contributed by atoms with E-state index in [1.807, 2.05) is 0 Å². The summed E-state index contributed by atoms with van der Waals surface area (Å²) in [6, 6.07) is 4.59. The molecule has 2 aromatic rings. The van der Waals surface area contributed by atoms with E-state index in [2.05, 4.69) is 15.5 Å². The number of nitrogens with one attached hydrogen (secondary N) is 1. The zero-order chi connectivity index (χ0) is 15.4. The lowest BCUT2D eigenvalue weighted by atomic mass is 10.3. The molecule has 8 heteroatoms. The number of rotatable bonds is 4. The Morgan fingerprint density at radius 3 is 2.81 bits per heavy atom. The van der Waals surface area contributed by atoms with Crippen LogP contribution >= 0.6 is 11.6 Å². The van der Waals surface area contributed by atoms with Gasteiger partial charge in [0, 0.05) is 24.3 Å². The molecule has 0 radical (unpaired) electrons. The number of carbonyl (C=O) groups excluding carboxylic acids is 2. The Kier molecular flexibility index (Phi) is 4.54. The smallest absolute Gasteiger partial charge is 0.272 e. The average Bonchev–Trinajstić information content (AvgIpc) is 2.82. The molecule has 0 aliphatic heterocycles. The van der Waals surface area contributed by atoms with E-state index in [9.17, 15) is 9.59 Å². The molecule has 0 saturated carbocycles. The van der Waals surface area contributed by atoms with Gasteiger partial charge in [0.25, 0.3) is 5.91 Å². The minimum atomic E-state index is -0.399. The van der Waals surface area contributed by atoms with Crippen molar-refractivity contribution in [1.29, 1.82) is 0 Å². The highest BCUT2D eigenvalue weighted by Gasteiger charge is 2.17. The molecule has 0 spiro atoms. The second kappa shape index (κ2) is 6.36. The molecule has 0 aliphatic carbocycles. The molecule has 21 heavy (non-hydrogen) atoms. The lowest BCUT2D eigenvalue weighted by molar-refractivity contribution is -0.116. The third-order valence-corrected chi connectivity index (χ3v) is 2.80. The quantitative estimate of drug-likeness (QED) is 0.929. The number of halogens is 1. The molecule has 110 valence electrons. The van der Waals surface area contributed by atoms with Crippen LogP contribution in [0, 0.1) is 6.92 Å². The molecule has 0 aromatic carbocycles. The van der Waals surface area contributed by atoms with E-state index < -0.39 is 5.91 Å². The molecule has 0 unspecified atom stereocenters. The van der Waals surface area contributed by atoms with Gasteiger partial charge in [-0.3, -0.25) is 14.6 Å². The number of likely N-dealkylation sites (N-methyl/N-ethyl adjacent to an activating group) is 1. The van der Waals surface area contributed by atoms with Crippen LogP contribution in [0.5, 0.6) is 0 Å². The van der Waals surface area contributed by atoms with Crippen LogP contribution < -0.4 is 5.32 Å². The van der Waals surface area contributed by atoms with Crippen LogP contribution in [0.1, 0.15) is 16.2 Å². The summed E-state index contributed by atoms with van der Waals surface area (Å²) in [4.78, 5) is 29.0. The molecule has 0 fully saturated rings. The second-order valence-corrected chi connectivity index (χ2v) is 4.83. The molecule has 0 bridgehead atoms. The Morgan fingerprint density at radius 2 is 2.19 bits per heavy atom. The summed E-state index contributed by atoms with van der Waals surface area (Å²) in [5.74, 6) is 0.0993. The molecule has 1 N–H and O–H groups in total. The van der Waals surface area contributed by atoms with Gasteiger partial charge in [0.15, 0.2) is 5.82 Å². The number of nitrogens with zero attached hydrogens (tertiary/aromatic N) is 3. The summed E-state index contributed by atoms with van der Waals surface area (Å²) in [6.07, 6.45) is 1.43. The number of hydrogen-bond acceptors (Lipinski definition) is 5. The van der Waals surface area contributed by atoms with E-state index in [4.69, 9.17) is 16.1 Å². The van der Waals surface area contributed by atoms with E-state index >= 15 is 0 Å². The van der Waals surface area contributed by atoms with E-state index in [-0.39, 0.29) is 18.1 Å². The summed E-state index contributed by atoms with van der Waals surface area (Å²) in [7, 11) is 1.50. The van der Waals surface area contributed by atoms with Gasteiger partial charge in [-0.05, 0) is 19.1 Å². The Balaban J connectivity index is 1.95. The van der Waals surface area contributed by atoms with Crippen molar-refractivity contribution < 1.29 is 14.1 Å². The molecule has 2 amide bonds. The van der Waals surface area contributed by atoms with Crippen molar-refractivity contribution in [3.05, 3.63) is 40.9 Å².